The molecule has 0 amide bonds. The molecule has 58 valence electrons. The summed E-state index contributed by atoms with van der Waals surface area (Å²) < 4.78 is 0. The van der Waals surface area contributed by atoms with Crippen LogP contribution in [0.5, 0.6) is 0 Å². The number of aldehydes is 1. The minimum Gasteiger partial charge on any atom is -0.307 e. The maximum Gasteiger partial charge on any atom is 0.141 e. The lowest BCUT2D eigenvalue weighted by Crippen LogP contribution is -2.17. The van der Waals surface area contributed by atoms with Gasteiger partial charge in [-0.1, -0.05) is 0 Å². The fourth-order valence-electron chi connectivity index (χ4n) is 0.884. The third-order valence-corrected chi connectivity index (χ3v) is 1.51. The summed E-state index contributed by atoms with van der Waals surface area (Å²) in [6.45, 7) is 0. The van der Waals surface area contributed by atoms with Crippen molar-refractivity contribution >= 4 is 6.29 Å². The van der Waals surface area contributed by atoms with Gasteiger partial charge in [-0.3, -0.25) is 4.98 Å². The highest BCUT2D eigenvalue weighted by molar-refractivity contribution is 5.60. The highest BCUT2D eigenvalue weighted by Gasteiger charge is 2.04. The molecule has 0 aliphatic carbocycles. The van der Waals surface area contributed by atoms with E-state index in [9.17, 15) is 4.79 Å². The lowest BCUT2D eigenvalue weighted by atomic mass is 10.1. The van der Waals surface area contributed by atoms with Gasteiger partial charge >= 0.3 is 0 Å². The number of nitrogens with zero attached hydrogens (tertiary/aromatic N) is 1. The van der Waals surface area contributed by atoms with E-state index >= 15 is 0 Å². The number of likely N-dealkylation sites (N-methyl/N-ethyl adjacent to an activating group) is 1. The average molecular weight is 150 g/mol. The zero-order chi connectivity index (χ0) is 8.10. The molecule has 1 N–H and O–H groups in total. The normalized spacial score (nSPS) is 12.5. The minimum atomic E-state index is -0.210. The van der Waals surface area contributed by atoms with E-state index < -0.39 is 0 Å². The fourth-order valence-corrected chi connectivity index (χ4v) is 0.884. The highest BCUT2D eigenvalue weighted by atomic mass is 16.1. The molecular weight excluding hydrogens is 140 g/mol. The number of carbonyl (C=O) groups is 1. The molecular formula is C8H10N2O. The number of rotatable bonds is 3. The van der Waals surface area contributed by atoms with Gasteiger partial charge in [-0.2, -0.15) is 0 Å². The average Bonchev–Trinajstić information content (AvgIpc) is 2.09. The first kappa shape index (κ1) is 7.88. The van der Waals surface area contributed by atoms with Crippen LogP contribution in [0.1, 0.15) is 11.6 Å². The molecule has 11 heavy (non-hydrogen) atoms. The van der Waals surface area contributed by atoms with E-state index in [1.165, 1.54) is 0 Å². The van der Waals surface area contributed by atoms with E-state index in [0.717, 1.165) is 11.8 Å². The van der Waals surface area contributed by atoms with Crippen molar-refractivity contribution in [3.8, 4) is 0 Å². The third-order valence-electron chi connectivity index (χ3n) is 1.51. The Kier molecular flexibility index (Phi) is 2.74. The highest BCUT2D eigenvalue weighted by Crippen LogP contribution is 2.06. The maximum atomic E-state index is 10.5. The molecule has 0 saturated heterocycles. The molecule has 0 aliphatic rings. The van der Waals surface area contributed by atoms with Gasteiger partial charge in [-0.15, -0.1) is 0 Å². The molecule has 3 nitrogen and oxygen atoms in total. The van der Waals surface area contributed by atoms with Gasteiger partial charge in [0.15, 0.2) is 0 Å². The summed E-state index contributed by atoms with van der Waals surface area (Å²) in [5, 5.41) is 2.87. The molecule has 1 heterocycles. The SMILES string of the molecule is CNC(C=O)c1ccncc1. The fraction of sp³-hybridized carbons (Fsp3) is 0.250. The van der Waals surface area contributed by atoms with Crippen LogP contribution < -0.4 is 5.32 Å². The second-order valence-electron chi connectivity index (χ2n) is 2.18. The molecule has 0 bridgehead atoms. The van der Waals surface area contributed by atoms with Gasteiger partial charge in [0.2, 0.25) is 0 Å². The van der Waals surface area contributed by atoms with E-state index in [1.807, 2.05) is 12.1 Å². The monoisotopic (exact) mass is 150 g/mol. The molecule has 1 aromatic heterocycles. The number of nitrogens with one attached hydrogen (secondary N) is 1. The molecule has 1 unspecified atom stereocenters. The Balaban J connectivity index is 2.82. The van der Waals surface area contributed by atoms with Crippen LogP contribution in [0.3, 0.4) is 0 Å². The molecule has 3 heteroatoms. The molecule has 0 aromatic carbocycles. The standard InChI is InChI=1S/C8H10N2O/c1-9-8(6-11)7-2-4-10-5-3-7/h2-6,8-9H,1H3. The Hall–Kier alpha value is -1.22. The molecule has 0 spiro atoms. The Bertz CT molecular complexity index is 223. The lowest BCUT2D eigenvalue weighted by molar-refractivity contribution is -0.109. The largest absolute Gasteiger partial charge is 0.307 e. The minimum absolute atomic E-state index is 0.210. The van der Waals surface area contributed by atoms with Gasteiger partial charge in [-0.05, 0) is 24.7 Å². The smallest absolute Gasteiger partial charge is 0.141 e. The second-order valence-corrected chi connectivity index (χ2v) is 2.18. The zero-order valence-electron chi connectivity index (χ0n) is 6.32. The first-order chi connectivity index (χ1) is 5.38. The van der Waals surface area contributed by atoms with Crippen molar-refractivity contribution in [3.63, 3.8) is 0 Å². The number of carbonyl (C=O) groups excluding carboxylic acids is 1. The van der Waals surface area contributed by atoms with Gasteiger partial charge in [-0.25, -0.2) is 0 Å². The topological polar surface area (TPSA) is 42.0 Å². The van der Waals surface area contributed by atoms with Crippen LogP contribution in [0, 0.1) is 0 Å². The quantitative estimate of drug-likeness (QED) is 0.639. The van der Waals surface area contributed by atoms with Gasteiger partial charge in [0.05, 0.1) is 6.04 Å². The van der Waals surface area contributed by atoms with Gasteiger partial charge in [0.25, 0.3) is 0 Å². The summed E-state index contributed by atoms with van der Waals surface area (Å²) in [7, 11) is 1.75. The third kappa shape index (κ3) is 1.85. The summed E-state index contributed by atoms with van der Waals surface area (Å²) in [5.74, 6) is 0. The predicted molar refractivity (Wildman–Crippen MR) is 42.1 cm³/mol. The van der Waals surface area contributed by atoms with Crippen molar-refractivity contribution in [1.29, 1.82) is 0 Å². The maximum absolute atomic E-state index is 10.5. The van der Waals surface area contributed by atoms with Gasteiger partial charge in [0.1, 0.15) is 6.29 Å². The Morgan fingerprint density at radius 3 is 2.64 bits per heavy atom. The Morgan fingerprint density at radius 2 is 2.18 bits per heavy atom. The lowest BCUT2D eigenvalue weighted by Gasteiger charge is -2.07. The summed E-state index contributed by atoms with van der Waals surface area (Å²) in [5.41, 5.74) is 0.942. The molecule has 1 rings (SSSR count). The van der Waals surface area contributed by atoms with Gasteiger partial charge < -0.3 is 10.1 Å². The first-order valence-corrected chi connectivity index (χ1v) is 3.41. The molecule has 0 aliphatic heterocycles. The molecule has 0 saturated carbocycles. The Labute approximate surface area is 65.5 Å². The van der Waals surface area contributed by atoms with E-state index in [1.54, 1.807) is 19.4 Å². The van der Waals surface area contributed by atoms with Crippen LogP contribution in [0.2, 0.25) is 0 Å². The van der Waals surface area contributed by atoms with Crippen LogP contribution in [-0.4, -0.2) is 18.3 Å². The summed E-state index contributed by atoms with van der Waals surface area (Å²) in [4.78, 5) is 14.3. The second kappa shape index (κ2) is 3.83. The van der Waals surface area contributed by atoms with E-state index in [2.05, 4.69) is 10.3 Å². The number of pyridine rings is 1. The summed E-state index contributed by atoms with van der Waals surface area (Å²) >= 11 is 0. The number of hydrogen-bond acceptors (Lipinski definition) is 3. The first-order valence-electron chi connectivity index (χ1n) is 3.41. The van der Waals surface area contributed by atoms with Crippen LogP contribution in [0.4, 0.5) is 0 Å². The van der Waals surface area contributed by atoms with Crippen molar-refractivity contribution in [3.05, 3.63) is 30.1 Å². The van der Waals surface area contributed by atoms with Crippen LogP contribution in [0.25, 0.3) is 0 Å². The summed E-state index contributed by atoms with van der Waals surface area (Å²) in [6.07, 6.45) is 4.21. The predicted octanol–water partition coefficient (Wildman–Crippen LogP) is 0.541. The van der Waals surface area contributed by atoms with Crippen LogP contribution in [0.15, 0.2) is 24.5 Å². The zero-order valence-corrected chi connectivity index (χ0v) is 6.32. The molecule has 1 aromatic rings. The number of hydrogen-bond donors (Lipinski definition) is 1. The van der Waals surface area contributed by atoms with Crippen molar-refractivity contribution in [2.75, 3.05) is 7.05 Å². The van der Waals surface area contributed by atoms with Gasteiger partial charge in [0, 0.05) is 12.4 Å². The molecule has 0 radical (unpaired) electrons. The van der Waals surface area contributed by atoms with Crippen molar-refractivity contribution in [2.24, 2.45) is 0 Å². The van der Waals surface area contributed by atoms with E-state index in [-0.39, 0.29) is 6.04 Å². The molecule has 1 atom stereocenters. The van der Waals surface area contributed by atoms with Crippen molar-refractivity contribution < 1.29 is 4.79 Å². The van der Waals surface area contributed by atoms with E-state index in [4.69, 9.17) is 0 Å². The summed E-state index contributed by atoms with van der Waals surface area (Å²) in [6, 6.07) is 3.42. The van der Waals surface area contributed by atoms with E-state index in [0.29, 0.717) is 0 Å². The van der Waals surface area contributed by atoms with Crippen molar-refractivity contribution in [1.82, 2.24) is 10.3 Å². The number of aromatic nitrogens is 1. The van der Waals surface area contributed by atoms with Crippen molar-refractivity contribution in [2.45, 2.75) is 6.04 Å². The van der Waals surface area contributed by atoms with Crippen LogP contribution in [-0.2, 0) is 4.79 Å². The Morgan fingerprint density at radius 1 is 1.55 bits per heavy atom. The molecule has 0 fully saturated rings. The van der Waals surface area contributed by atoms with Crippen LogP contribution >= 0.6 is 0 Å².